The summed E-state index contributed by atoms with van der Waals surface area (Å²) >= 11 is 1.86. The molecule has 0 atom stereocenters. The van der Waals surface area contributed by atoms with E-state index in [9.17, 15) is 0 Å². The van der Waals surface area contributed by atoms with Gasteiger partial charge < -0.3 is 14.4 Å². The van der Waals surface area contributed by atoms with Crippen molar-refractivity contribution in [3.8, 4) is 16.8 Å². The maximum absolute atomic E-state index is 2.43. The summed E-state index contributed by atoms with van der Waals surface area (Å²) in [4.78, 5) is 4.79. The van der Waals surface area contributed by atoms with Gasteiger partial charge in [-0.15, -0.1) is 11.3 Å². The van der Waals surface area contributed by atoms with Gasteiger partial charge in [0.25, 0.3) is 0 Å². The van der Waals surface area contributed by atoms with Crippen LogP contribution in [0.4, 0.5) is 34.1 Å². The van der Waals surface area contributed by atoms with E-state index in [0.29, 0.717) is 0 Å². The lowest BCUT2D eigenvalue weighted by Gasteiger charge is -2.30. The van der Waals surface area contributed by atoms with Crippen LogP contribution in [0.5, 0.6) is 0 Å². The molecule has 11 aromatic rings. The molecule has 11 rings (SSSR count). The average molecular weight is 760 g/mol. The molecule has 4 heteroatoms. The molecule has 0 saturated heterocycles. The SMILES string of the molecule is c1ccc(N(c2ccccc2)c2cc(N(c3ccccc3)c3ccccc3)c3sc4ccc(-c5cccc6c7ccccc7n(-c7ccccc7)c56)cc4c3c2)cc1. The number of hydrogen-bond acceptors (Lipinski definition) is 3. The van der Waals surface area contributed by atoms with Gasteiger partial charge in [0.1, 0.15) is 0 Å². The summed E-state index contributed by atoms with van der Waals surface area (Å²) in [5.74, 6) is 0. The third-order valence-corrected chi connectivity index (χ3v) is 12.3. The highest BCUT2D eigenvalue weighted by Crippen LogP contribution is 2.50. The minimum atomic E-state index is 1.09. The van der Waals surface area contributed by atoms with Gasteiger partial charge in [0.2, 0.25) is 0 Å². The molecule has 0 aliphatic heterocycles. The quantitative estimate of drug-likeness (QED) is 0.153. The van der Waals surface area contributed by atoms with Gasteiger partial charge in [-0.25, -0.2) is 0 Å². The lowest BCUT2D eigenvalue weighted by molar-refractivity contribution is 1.18. The number of nitrogens with zero attached hydrogens (tertiary/aromatic N) is 3. The van der Waals surface area contributed by atoms with E-state index in [2.05, 4.69) is 239 Å². The second-order valence-corrected chi connectivity index (χ2v) is 15.6. The Balaban J connectivity index is 1.21. The second kappa shape index (κ2) is 14.3. The van der Waals surface area contributed by atoms with Crippen LogP contribution in [0.1, 0.15) is 0 Å². The predicted molar refractivity (Wildman–Crippen MR) is 248 cm³/mol. The fourth-order valence-corrected chi connectivity index (χ4v) is 9.76. The van der Waals surface area contributed by atoms with Crippen LogP contribution < -0.4 is 9.80 Å². The summed E-state index contributed by atoms with van der Waals surface area (Å²) in [6, 6.07) is 81.0. The second-order valence-electron chi connectivity index (χ2n) is 14.6. The molecule has 274 valence electrons. The Morgan fingerprint density at radius 2 is 0.897 bits per heavy atom. The smallest absolute Gasteiger partial charge is 0.0661 e. The Bertz CT molecular complexity index is 3130. The van der Waals surface area contributed by atoms with Crippen molar-refractivity contribution in [2.75, 3.05) is 9.80 Å². The maximum atomic E-state index is 2.43. The van der Waals surface area contributed by atoms with Crippen molar-refractivity contribution in [3.05, 3.63) is 224 Å². The van der Waals surface area contributed by atoms with E-state index in [-0.39, 0.29) is 0 Å². The minimum Gasteiger partial charge on any atom is -0.310 e. The molecule has 0 bridgehead atoms. The van der Waals surface area contributed by atoms with E-state index < -0.39 is 0 Å². The first-order chi connectivity index (χ1) is 28.8. The first-order valence-electron chi connectivity index (χ1n) is 19.7. The van der Waals surface area contributed by atoms with E-state index in [1.165, 1.54) is 53.1 Å². The molecule has 0 aliphatic carbocycles. The van der Waals surface area contributed by atoms with Crippen molar-refractivity contribution in [2.45, 2.75) is 0 Å². The van der Waals surface area contributed by atoms with Crippen LogP contribution in [0.2, 0.25) is 0 Å². The van der Waals surface area contributed by atoms with Crippen molar-refractivity contribution in [2.24, 2.45) is 0 Å². The zero-order chi connectivity index (χ0) is 38.4. The van der Waals surface area contributed by atoms with Crippen LogP contribution in [-0.4, -0.2) is 4.57 Å². The van der Waals surface area contributed by atoms with E-state index in [0.717, 1.165) is 39.8 Å². The number of hydrogen-bond donors (Lipinski definition) is 0. The Kier molecular flexibility index (Phi) is 8.34. The Morgan fingerprint density at radius 1 is 0.362 bits per heavy atom. The average Bonchev–Trinajstić information content (AvgIpc) is 3.84. The third-order valence-electron chi connectivity index (χ3n) is 11.1. The zero-order valence-electron chi connectivity index (χ0n) is 31.6. The molecule has 0 unspecified atom stereocenters. The Hall–Kier alpha value is -7.40. The fraction of sp³-hybridized carbons (Fsp3) is 0. The summed E-state index contributed by atoms with van der Waals surface area (Å²) in [7, 11) is 0. The lowest BCUT2D eigenvalue weighted by Crippen LogP contribution is -2.13. The van der Waals surface area contributed by atoms with Gasteiger partial charge in [-0.3, -0.25) is 0 Å². The van der Waals surface area contributed by atoms with Crippen LogP contribution in [-0.2, 0) is 0 Å². The molecular weight excluding hydrogens is 723 g/mol. The topological polar surface area (TPSA) is 11.4 Å². The number of aromatic nitrogens is 1. The highest BCUT2D eigenvalue weighted by atomic mass is 32.1. The third kappa shape index (κ3) is 5.73. The van der Waals surface area contributed by atoms with Crippen LogP contribution in [0.25, 0.3) is 58.8 Å². The highest BCUT2D eigenvalue weighted by molar-refractivity contribution is 7.26. The number of benzene rings is 9. The lowest BCUT2D eigenvalue weighted by atomic mass is 9.99. The minimum absolute atomic E-state index is 1.09. The Labute approximate surface area is 341 Å². The Morgan fingerprint density at radius 3 is 1.52 bits per heavy atom. The number of para-hydroxylation sites is 7. The van der Waals surface area contributed by atoms with Crippen molar-refractivity contribution in [1.82, 2.24) is 4.57 Å². The van der Waals surface area contributed by atoms with Gasteiger partial charge in [-0.2, -0.15) is 0 Å². The summed E-state index contributed by atoms with van der Waals surface area (Å²) in [6.45, 7) is 0. The van der Waals surface area contributed by atoms with Crippen molar-refractivity contribution in [1.29, 1.82) is 0 Å². The number of fused-ring (bicyclic) bond motifs is 6. The first-order valence-corrected chi connectivity index (χ1v) is 20.5. The standard InChI is InChI=1S/C54H37N3S/c1-6-19-39(20-7-1)55(40-21-8-2-9-22-40)44-36-49-48-35-38(45-30-18-31-47-46-29-16-17-32-50(46)57(53(45)47)43-27-14-5-15-28-43)33-34-52(48)58-54(49)51(37-44)56(41-23-10-3-11-24-41)42-25-12-4-13-26-42/h1-37H. The highest BCUT2D eigenvalue weighted by Gasteiger charge is 2.23. The van der Waals surface area contributed by atoms with Gasteiger partial charge in [-0.05, 0) is 96.6 Å². The first kappa shape index (κ1) is 33.9. The van der Waals surface area contributed by atoms with Crippen LogP contribution in [0.15, 0.2) is 224 Å². The molecule has 0 saturated carbocycles. The molecule has 0 N–H and O–H groups in total. The molecular formula is C54H37N3S. The summed E-state index contributed by atoms with van der Waals surface area (Å²) in [6.07, 6.45) is 0. The van der Waals surface area contributed by atoms with Gasteiger partial charge >= 0.3 is 0 Å². The number of rotatable bonds is 8. The molecule has 0 aliphatic rings. The summed E-state index contributed by atoms with van der Waals surface area (Å²) in [5, 5.41) is 4.96. The normalized spacial score (nSPS) is 11.4. The van der Waals surface area contributed by atoms with E-state index in [1.54, 1.807) is 0 Å². The molecule has 3 nitrogen and oxygen atoms in total. The van der Waals surface area contributed by atoms with Crippen molar-refractivity contribution >= 4 is 87.4 Å². The monoisotopic (exact) mass is 759 g/mol. The van der Waals surface area contributed by atoms with Gasteiger partial charge in [0, 0.05) is 65.9 Å². The van der Waals surface area contributed by atoms with Crippen LogP contribution >= 0.6 is 11.3 Å². The molecule has 0 spiro atoms. The molecule has 58 heavy (non-hydrogen) atoms. The number of anilines is 6. The molecule has 0 radical (unpaired) electrons. The molecule has 0 fully saturated rings. The molecule has 2 aromatic heterocycles. The summed E-state index contributed by atoms with van der Waals surface area (Å²) < 4.78 is 4.92. The van der Waals surface area contributed by atoms with Gasteiger partial charge in [-0.1, -0.05) is 133 Å². The zero-order valence-corrected chi connectivity index (χ0v) is 32.4. The molecule has 2 heterocycles. The van der Waals surface area contributed by atoms with E-state index in [1.807, 2.05) is 11.3 Å². The maximum Gasteiger partial charge on any atom is 0.0661 e. The van der Waals surface area contributed by atoms with Crippen LogP contribution in [0, 0.1) is 0 Å². The van der Waals surface area contributed by atoms with E-state index in [4.69, 9.17) is 0 Å². The summed E-state index contributed by atoms with van der Waals surface area (Å²) in [5.41, 5.74) is 12.6. The van der Waals surface area contributed by atoms with Crippen molar-refractivity contribution in [3.63, 3.8) is 0 Å². The van der Waals surface area contributed by atoms with Crippen molar-refractivity contribution < 1.29 is 0 Å². The molecule has 0 amide bonds. The van der Waals surface area contributed by atoms with Gasteiger partial charge in [0.05, 0.1) is 21.4 Å². The predicted octanol–water partition coefficient (Wildman–Crippen LogP) is 15.8. The largest absolute Gasteiger partial charge is 0.310 e. The van der Waals surface area contributed by atoms with Gasteiger partial charge in [0.15, 0.2) is 0 Å². The number of thiophene rings is 1. The fourth-order valence-electron chi connectivity index (χ4n) is 8.59. The van der Waals surface area contributed by atoms with E-state index >= 15 is 0 Å². The molecule has 9 aromatic carbocycles. The van der Waals surface area contributed by atoms with Crippen LogP contribution in [0.3, 0.4) is 0 Å².